The first-order chi connectivity index (χ1) is 10.3. The van der Waals surface area contributed by atoms with Crippen LogP contribution in [-0.4, -0.2) is 72.0 Å². The summed E-state index contributed by atoms with van der Waals surface area (Å²) in [5, 5.41) is 28.9. The molecule has 0 rings (SSSR count). The van der Waals surface area contributed by atoms with Crippen LogP contribution in [0.1, 0.15) is 20.8 Å². The van der Waals surface area contributed by atoms with E-state index < -0.39 is 43.0 Å². The van der Waals surface area contributed by atoms with E-state index in [-0.39, 0.29) is 6.61 Å². The molecule has 0 aromatic heterocycles. The molecule has 8 nitrogen and oxygen atoms in total. The highest BCUT2D eigenvalue weighted by molar-refractivity contribution is 5.75. The van der Waals surface area contributed by atoms with Crippen molar-refractivity contribution in [1.82, 2.24) is 0 Å². The fraction of sp³-hybridized carbons (Fsp3) is 0.714. The van der Waals surface area contributed by atoms with Crippen molar-refractivity contribution in [1.29, 1.82) is 0 Å². The van der Waals surface area contributed by atoms with Gasteiger partial charge < -0.3 is 29.5 Å². The molecule has 4 unspecified atom stereocenters. The summed E-state index contributed by atoms with van der Waals surface area (Å²) in [5.74, 6) is 0.398. The lowest BCUT2D eigenvalue weighted by atomic mass is 10.0. The van der Waals surface area contributed by atoms with E-state index in [4.69, 9.17) is 11.2 Å². The van der Waals surface area contributed by atoms with Crippen LogP contribution in [0.3, 0.4) is 0 Å². The highest BCUT2D eigenvalue weighted by Gasteiger charge is 2.37. The van der Waals surface area contributed by atoms with Gasteiger partial charge >= 0.3 is 11.9 Å². The Morgan fingerprint density at radius 3 is 2.09 bits per heavy atom. The molecular weight excluding hydrogens is 296 g/mol. The number of esters is 2. The van der Waals surface area contributed by atoms with Gasteiger partial charge in [0, 0.05) is 14.0 Å². The zero-order valence-corrected chi connectivity index (χ0v) is 13.2. The van der Waals surface area contributed by atoms with Crippen molar-refractivity contribution in [2.24, 2.45) is 0 Å². The smallest absolute Gasteiger partial charge is 0.339 e. The third-order valence-electron chi connectivity index (χ3n) is 2.30. The summed E-state index contributed by atoms with van der Waals surface area (Å²) in [6.07, 6.45) is -1.79. The number of aliphatic hydroxyl groups is 3. The maximum absolute atomic E-state index is 11.5. The minimum atomic E-state index is -1.78. The van der Waals surface area contributed by atoms with Gasteiger partial charge in [0.05, 0.1) is 0 Å². The topological polar surface area (TPSA) is 123 Å². The molecule has 0 radical (unpaired) electrons. The highest BCUT2D eigenvalue weighted by atomic mass is 16.6. The average Bonchev–Trinajstić information content (AvgIpc) is 2.52. The first-order valence-corrected chi connectivity index (χ1v) is 6.65. The molecule has 22 heavy (non-hydrogen) atoms. The van der Waals surface area contributed by atoms with Crippen molar-refractivity contribution in [3.05, 3.63) is 0 Å². The number of ether oxygens (including phenoxy) is 3. The summed E-state index contributed by atoms with van der Waals surface area (Å²) in [4.78, 5) is 22.0. The lowest BCUT2D eigenvalue weighted by Gasteiger charge is -2.26. The van der Waals surface area contributed by atoms with Gasteiger partial charge in [0.25, 0.3) is 0 Å². The van der Waals surface area contributed by atoms with Gasteiger partial charge in [0.1, 0.15) is 24.9 Å². The molecule has 8 heteroatoms. The van der Waals surface area contributed by atoms with Crippen LogP contribution >= 0.6 is 0 Å². The van der Waals surface area contributed by atoms with Gasteiger partial charge in [-0.25, -0.2) is 4.79 Å². The van der Waals surface area contributed by atoms with E-state index in [9.17, 15) is 24.9 Å². The molecule has 4 atom stereocenters. The monoisotopic (exact) mass is 320 g/mol. The minimum Gasteiger partial charge on any atom is -0.463 e. The van der Waals surface area contributed by atoms with E-state index >= 15 is 0 Å². The van der Waals surface area contributed by atoms with Gasteiger partial charge in [-0.15, -0.1) is 6.42 Å². The second-order valence-electron chi connectivity index (χ2n) is 3.82. The Kier molecular flexibility index (Phi) is 13.4. The third kappa shape index (κ3) is 8.59. The van der Waals surface area contributed by atoms with E-state index in [2.05, 4.69) is 15.4 Å². The normalized spacial score (nSPS) is 15.2. The fourth-order valence-electron chi connectivity index (χ4n) is 1.28. The van der Waals surface area contributed by atoms with Crippen LogP contribution in [-0.2, 0) is 23.8 Å². The fourth-order valence-corrected chi connectivity index (χ4v) is 1.28. The molecule has 0 aromatic carbocycles. The van der Waals surface area contributed by atoms with Gasteiger partial charge in [-0.3, -0.25) is 4.79 Å². The zero-order chi connectivity index (χ0) is 17.7. The van der Waals surface area contributed by atoms with Crippen LogP contribution in [0, 0.1) is 12.3 Å². The molecule has 0 amide bonds. The van der Waals surface area contributed by atoms with Crippen LogP contribution in [0.2, 0.25) is 0 Å². The number of terminal acetylenes is 1. The molecular formula is C14H24O8. The van der Waals surface area contributed by atoms with Crippen molar-refractivity contribution < 1.29 is 39.1 Å². The van der Waals surface area contributed by atoms with Crippen molar-refractivity contribution in [3.8, 4) is 12.3 Å². The zero-order valence-electron chi connectivity index (χ0n) is 13.2. The Hall–Kier alpha value is -1.66. The molecule has 0 spiro atoms. The van der Waals surface area contributed by atoms with E-state index in [0.29, 0.717) is 0 Å². The molecule has 0 aliphatic rings. The van der Waals surface area contributed by atoms with E-state index in [1.165, 1.54) is 0 Å². The average molecular weight is 320 g/mol. The molecule has 3 N–H and O–H groups in total. The van der Waals surface area contributed by atoms with E-state index in [0.717, 1.165) is 14.0 Å². The summed E-state index contributed by atoms with van der Waals surface area (Å²) in [6, 6.07) is 0. The van der Waals surface area contributed by atoms with Gasteiger partial charge in [0.2, 0.25) is 0 Å². The standard InChI is InChI=1S/C12H18O8.C2H6/c1-4-5-19-12(17)11(18-3)10(16)9(15)8(14)6-20-7(2)13;1-2/h1,8-11,14-16H,5-6H2,2-3H3;1-2H3. The first-order valence-electron chi connectivity index (χ1n) is 6.65. The van der Waals surface area contributed by atoms with Crippen molar-refractivity contribution in [3.63, 3.8) is 0 Å². The summed E-state index contributed by atoms with van der Waals surface area (Å²) in [6.45, 7) is 4.26. The molecule has 0 bridgehead atoms. The number of rotatable bonds is 8. The SMILES string of the molecule is C#CCOC(=O)C(OC)C(O)C(O)C(O)COC(C)=O.CC. The Balaban J connectivity index is 0. The van der Waals surface area contributed by atoms with Crippen LogP contribution in [0.15, 0.2) is 0 Å². The van der Waals surface area contributed by atoms with Gasteiger partial charge in [-0.1, -0.05) is 19.8 Å². The van der Waals surface area contributed by atoms with Crippen LogP contribution < -0.4 is 0 Å². The summed E-state index contributed by atoms with van der Waals surface area (Å²) >= 11 is 0. The Morgan fingerprint density at radius 2 is 1.68 bits per heavy atom. The van der Waals surface area contributed by atoms with Crippen LogP contribution in [0.4, 0.5) is 0 Å². The second-order valence-corrected chi connectivity index (χ2v) is 3.82. The lowest BCUT2D eigenvalue weighted by molar-refractivity contribution is -0.175. The summed E-state index contributed by atoms with van der Waals surface area (Å²) < 4.78 is 13.7. The van der Waals surface area contributed by atoms with Crippen molar-refractivity contribution in [2.75, 3.05) is 20.3 Å². The Labute approximate surface area is 130 Å². The molecule has 128 valence electrons. The maximum atomic E-state index is 11.5. The molecule has 0 saturated heterocycles. The molecule has 0 aromatic rings. The highest BCUT2D eigenvalue weighted by Crippen LogP contribution is 2.10. The van der Waals surface area contributed by atoms with Gasteiger partial charge in [-0.05, 0) is 0 Å². The largest absolute Gasteiger partial charge is 0.463 e. The van der Waals surface area contributed by atoms with Crippen LogP contribution in [0.25, 0.3) is 0 Å². The van der Waals surface area contributed by atoms with Crippen molar-refractivity contribution in [2.45, 2.75) is 45.2 Å². The molecule has 0 fully saturated rings. The summed E-state index contributed by atoms with van der Waals surface area (Å²) in [5.41, 5.74) is 0. The van der Waals surface area contributed by atoms with Gasteiger partial charge in [-0.2, -0.15) is 0 Å². The second kappa shape index (κ2) is 13.0. The van der Waals surface area contributed by atoms with Crippen LogP contribution in [0.5, 0.6) is 0 Å². The molecule has 0 saturated carbocycles. The van der Waals surface area contributed by atoms with E-state index in [1.807, 2.05) is 13.8 Å². The number of hydrogen-bond acceptors (Lipinski definition) is 8. The molecule has 0 aliphatic heterocycles. The number of methoxy groups -OCH3 is 1. The van der Waals surface area contributed by atoms with Crippen molar-refractivity contribution >= 4 is 11.9 Å². The van der Waals surface area contributed by atoms with E-state index in [1.54, 1.807) is 0 Å². The lowest BCUT2D eigenvalue weighted by Crippen LogP contribution is -2.50. The Bertz CT molecular complexity index is 362. The first kappa shape index (κ1) is 22.6. The Morgan fingerprint density at radius 1 is 1.14 bits per heavy atom. The quantitative estimate of drug-likeness (QED) is 0.378. The number of hydrogen-bond donors (Lipinski definition) is 3. The van der Waals surface area contributed by atoms with Gasteiger partial charge in [0.15, 0.2) is 12.7 Å². The molecule has 0 aliphatic carbocycles. The predicted octanol–water partition coefficient (Wildman–Crippen LogP) is -1.15. The number of carbonyl (C=O) groups is 2. The number of aliphatic hydroxyl groups excluding tert-OH is 3. The third-order valence-corrected chi connectivity index (χ3v) is 2.30. The molecule has 0 heterocycles. The predicted molar refractivity (Wildman–Crippen MR) is 76.6 cm³/mol. The summed E-state index contributed by atoms with van der Waals surface area (Å²) in [7, 11) is 1.11. The minimum absolute atomic E-state index is 0.322. The maximum Gasteiger partial charge on any atom is 0.339 e. The number of carbonyl (C=O) groups excluding carboxylic acids is 2.